The molecule has 1 aliphatic rings. The Hall–Kier alpha value is -2.55. The second-order valence-corrected chi connectivity index (χ2v) is 6.80. The van der Waals surface area contributed by atoms with Gasteiger partial charge in [-0.1, -0.05) is 24.3 Å². The van der Waals surface area contributed by atoms with Crippen molar-refractivity contribution in [2.45, 2.75) is 11.6 Å². The summed E-state index contributed by atoms with van der Waals surface area (Å²) in [5.41, 5.74) is -0.927. The number of carbonyl (C=O) groups excluding carboxylic acids is 1. The molecule has 9 heteroatoms. The Morgan fingerprint density at radius 3 is 2.62 bits per heavy atom. The molecule has 0 unspecified atom stereocenters. The van der Waals surface area contributed by atoms with Gasteiger partial charge < -0.3 is 4.90 Å². The van der Waals surface area contributed by atoms with Gasteiger partial charge in [0.15, 0.2) is 0 Å². The van der Waals surface area contributed by atoms with Crippen LogP contribution in [0.15, 0.2) is 48.5 Å². The number of nitrogens with zero attached hydrogens (tertiary/aromatic N) is 2. The molecular formula is C17H13F3N2O3S. The Balaban J connectivity index is 1.96. The molecule has 5 nitrogen and oxygen atoms in total. The van der Waals surface area contributed by atoms with E-state index in [2.05, 4.69) is 0 Å². The first-order valence-corrected chi connectivity index (χ1v) is 8.67. The van der Waals surface area contributed by atoms with E-state index in [1.54, 1.807) is 0 Å². The molecule has 1 aliphatic heterocycles. The fourth-order valence-electron chi connectivity index (χ4n) is 2.82. The van der Waals surface area contributed by atoms with Gasteiger partial charge in [-0.05, 0) is 17.7 Å². The van der Waals surface area contributed by atoms with Crippen molar-refractivity contribution in [3.8, 4) is 0 Å². The molecule has 0 bridgehead atoms. The molecule has 0 spiro atoms. The summed E-state index contributed by atoms with van der Waals surface area (Å²) in [6, 6.07) is 10.4. The summed E-state index contributed by atoms with van der Waals surface area (Å²) < 4.78 is 39.9. The number of non-ortho nitro benzene ring substituents is 1. The Labute approximate surface area is 151 Å². The zero-order valence-electron chi connectivity index (χ0n) is 13.3. The van der Waals surface area contributed by atoms with Crippen LogP contribution in [0.2, 0.25) is 0 Å². The monoisotopic (exact) mass is 382 g/mol. The molecule has 3 rings (SSSR count). The van der Waals surface area contributed by atoms with E-state index in [4.69, 9.17) is 0 Å². The molecule has 136 valence electrons. The highest BCUT2D eigenvalue weighted by Gasteiger charge is 2.39. The van der Waals surface area contributed by atoms with E-state index in [0.717, 1.165) is 12.1 Å². The predicted molar refractivity (Wildman–Crippen MR) is 90.8 cm³/mol. The summed E-state index contributed by atoms with van der Waals surface area (Å²) in [6.45, 7) is 0.267. The summed E-state index contributed by atoms with van der Waals surface area (Å²) in [7, 11) is 0. The number of amides is 1. The Morgan fingerprint density at radius 1 is 1.19 bits per heavy atom. The molecule has 1 atom stereocenters. The fourth-order valence-corrected chi connectivity index (χ4v) is 4.12. The van der Waals surface area contributed by atoms with E-state index in [1.165, 1.54) is 53.1 Å². The third kappa shape index (κ3) is 3.52. The van der Waals surface area contributed by atoms with Gasteiger partial charge in [0.05, 0.1) is 10.5 Å². The van der Waals surface area contributed by atoms with Crippen molar-refractivity contribution in [2.75, 3.05) is 12.3 Å². The van der Waals surface area contributed by atoms with Gasteiger partial charge in [0.25, 0.3) is 11.6 Å². The van der Waals surface area contributed by atoms with Crippen LogP contribution in [0.1, 0.15) is 26.9 Å². The number of alkyl halides is 3. The largest absolute Gasteiger partial charge is 0.416 e. The van der Waals surface area contributed by atoms with Crippen molar-refractivity contribution < 1.29 is 22.9 Å². The van der Waals surface area contributed by atoms with Crippen molar-refractivity contribution in [1.29, 1.82) is 0 Å². The van der Waals surface area contributed by atoms with Crippen molar-refractivity contribution >= 4 is 23.4 Å². The van der Waals surface area contributed by atoms with E-state index in [9.17, 15) is 28.1 Å². The topological polar surface area (TPSA) is 63.4 Å². The quantitative estimate of drug-likeness (QED) is 0.579. The second-order valence-electron chi connectivity index (χ2n) is 5.61. The number of benzene rings is 2. The van der Waals surface area contributed by atoms with Gasteiger partial charge in [0.1, 0.15) is 5.37 Å². The third-order valence-electron chi connectivity index (χ3n) is 3.99. The molecule has 1 heterocycles. The standard InChI is InChI=1S/C17H13F3N2O3S/c18-17(19,20)14-7-2-1-6-13(14)16-21(8-9-26-16)15(23)11-4-3-5-12(10-11)22(24)25/h1-7,10,16H,8-9H2/t16-/m0/s1. The maximum Gasteiger partial charge on any atom is 0.416 e. The van der Waals surface area contributed by atoms with Crippen molar-refractivity contribution in [1.82, 2.24) is 4.90 Å². The Bertz CT molecular complexity index is 857. The number of carbonyl (C=O) groups is 1. The van der Waals surface area contributed by atoms with Crippen molar-refractivity contribution in [3.63, 3.8) is 0 Å². The summed E-state index contributed by atoms with van der Waals surface area (Å²) >= 11 is 1.24. The van der Waals surface area contributed by atoms with Crippen LogP contribution in [-0.2, 0) is 6.18 Å². The molecule has 26 heavy (non-hydrogen) atoms. The number of thioether (sulfide) groups is 1. The lowest BCUT2D eigenvalue weighted by Gasteiger charge is -2.26. The molecule has 1 fully saturated rings. The minimum Gasteiger partial charge on any atom is -0.322 e. The highest BCUT2D eigenvalue weighted by atomic mass is 32.2. The van der Waals surface area contributed by atoms with Gasteiger partial charge in [-0.15, -0.1) is 11.8 Å². The highest BCUT2D eigenvalue weighted by Crippen LogP contribution is 2.44. The lowest BCUT2D eigenvalue weighted by atomic mass is 10.1. The zero-order valence-corrected chi connectivity index (χ0v) is 14.1. The number of hydrogen-bond donors (Lipinski definition) is 0. The maximum absolute atomic E-state index is 13.3. The molecule has 0 saturated carbocycles. The SMILES string of the molecule is O=C(c1cccc([N+](=O)[O-])c1)N1CCS[C@H]1c1ccccc1C(F)(F)F. The average Bonchev–Trinajstić information content (AvgIpc) is 3.10. The second kappa shape index (κ2) is 6.99. The predicted octanol–water partition coefficient (Wildman–Crippen LogP) is 4.50. The van der Waals surface area contributed by atoms with Gasteiger partial charge >= 0.3 is 6.18 Å². The van der Waals surface area contributed by atoms with Gasteiger partial charge in [0, 0.05) is 30.0 Å². The average molecular weight is 382 g/mol. The van der Waals surface area contributed by atoms with Gasteiger partial charge in [-0.25, -0.2) is 0 Å². The lowest BCUT2D eigenvalue weighted by molar-refractivity contribution is -0.384. The first kappa shape index (κ1) is 18.2. The van der Waals surface area contributed by atoms with E-state index >= 15 is 0 Å². The molecule has 2 aromatic rings. The minimum atomic E-state index is -4.53. The number of rotatable bonds is 3. The fraction of sp³-hybridized carbons (Fsp3) is 0.235. The molecule has 0 N–H and O–H groups in total. The molecule has 0 aromatic heterocycles. The number of hydrogen-bond acceptors (Lipinski definition) is 4. The summed E-state index contributed by atoms with van der Waals surface area (Å²) in [5.74, 6) is -0.0435. The Kier molecular flexibility index (Phi) is 4.90. The molecule has 1 amide bonds. The molecule has 0 radical (unpaired) electrons. The molecule has 1 saturated heterocycles. The van der Waals surface area contributed by atoms with Crippen LogP contribution in [0, 0.1) is 10.1 Å². The van der Waals surface area contributed by atoms with Crippen LogP contribution in [0.4, 0.5) is 18.9 Å². The lowest BCUT2D eigenvalue weighted by Crippen LogP contribution is -2.31. The van der Waals surface area contributed by atoms with E-state index in [1.807, 2.05) is 0 Å². The first-order chi connectivity index (χ1) is 12.3. The van der Waals surface area contributed by atoms with Gasteiger partial charge in [0.2, 0.25) is 0 Å². The smallest absolute Gasteiger partial charge is 0.322 e. The van der Waals surface area contributed by atoms with Crippen LogP contribution in [-0.4, -0.2) is 28.0 Å². The van der Waals surface area contributed by atoms with Crippen molar-refractivity contribution in [2.24, 2.45) is 0 Å². The molecule has 2 aromatic carbocycles. The maximum atomic E-state index is 13.3. The molecular weight excluding hydrogens is 369 g/mol. The van der Waals surface area contributed by atoms with Crippen LogP contribution in [0.25, 0.3) is 0 Å². The third-order valence-corrected chi connectivity index (χ3v) is 5.23. The normalized spacial score (nSPS) is 17.3. The van der Waals surface area contributed by atoms with Crippen LogP contribution in [0.5, 0.6) is 0 Å². The van der Waals surface area contributed by atoms with Gasteiger partial charge in [-0.2, -0.15) is 13.2 Å². The molecule has 0 aliphatic carbocycles. The van der Waals surface area contributed by atoms with Crippen molar-refractivity contribution in [3.05, 3.63) is 75.3 Å². The summed E-state index contributed by atoms with van der Waals surface area (Å²) in [5, 5.41) is 10.1. The summed E-state index contributed by atoms with van der Waals surface area (Å²) in [4.78, 5) is 24.4. The summed E-state index contributed by atoms with van der Waals surface area (Å²) in [6.07, 6.45) is -4.53. The van der Waals surface area contributed by atoms with E-state index < -0.39 is 27.9 Å². The number of nitro groups is 1. The number of halogens is 3. The van der Waals surface area contributed by atoms with Crippen LogP contribution >= 0.6 is 11.8 Å². The van der Waals surface area contributed by atoms with E-state index in [-0.39, 0.29) is 23.4 Å². The highest BCUT2D eigenvalue weighted by molar-refractivity contribution is 7.99. The number of nitro benzene ring substituents is 1. The van der Waals surface area contributed by atoms with E-state index in [0.29, 0.717) is 5.75 Å². The minimum absolute atomic E-state index is 0.0151. The van der Waals surface area contributed by atoms with Crippen LogP contribution < -0.4 is 0 Å². The Morgan fingerprint density at radius 2 is 1.92 bits per heavy atom. The zero-order chi connectivity index (χ0) is 18.9. The van der Waals surface area contributed by atoms with Gasteiger partial charge in [-0.3, -0.25) is 14.9 Å². The van der Waals surface area contributed by atoms with Crippen LogP contribution in [0.3, 0.4) is 0 Å². The first-order valence-electron chi connectivity index (χ1n) is 7.62.